The minimum atomic E-state index is -2.14. The highest BCUT2D eigenvalue weighted by Crippen LogP contribution is 2.41. The Morgan fingerprint density at radius 2 is 1.11 bits per heavy atom. The van der Waals surface area contributed by atoms with Crippen molar-refractivity contribution in [2.75, 3.05) is 6.61 Å². The maximum absolute atomic E-state index is 14.3. The van der Waals surface area contributed by atoms with Crippen molar-refractivity contribution in [2.24, 2.45) is 0 Å². The highest BCUT2D eigenvalue weighted by molar-refractivity contribution is 5.88. The average molecular weight is 903 g/mol. The molecule has 4 aliphatic rings. The second-order valence-corrected chi connectivity index (χ2v) is 15.9. The predicted octanol–water partition coefficient (Wildman–Crippen LogP) is -3.98. The van der Waals surface area contributed by atoms with E-state index in [4.69, 9.17) is 42.3 Å². The van der Waals surface area contributed by atoms with Crippen LogP contribution in [0, 0.1) is 0 Å². The Morgan fingerprint density at radius 1 is 0.540 bits per heavy atom. The highest BCUT2D eigenvalue weighted by Gasteiger charge is 2.54. The van der Waals surface area contributed by atoms with Crippen LogP contribution >= 0.6 is 0 Å². The molecule has 0 amide bonds. The Hall–Kier alpha value is -4.03. The van der Waals surface area contributed by atoms with Crippen molar-refractivity contribution in [3.8, 4) is 40.1 Å². The Morgan fingerprint density at radius 3 is 1.75 bits per heavy atom. The number of fused-ring (bicyclic) bond motifs is 1. The number of aliphatic hydroxyl groups excluding tert-OH is 10. The van der Waals surface area contributed by atoms with Gasteiger partial charge in [-0.3, -0.25) is 4.79 Å². The van der Waals surface area contributed by atoms with Gasteiger partial charge in [-0.25, -0.2) is 0 Å². The normalized spacial score (nSPS) is 41.1. The summed E-state index contributed by atoms with van der Waals surface area (Å²) in [6, 6.07) is 4.99. The summed E-state index contributed by atoms with van der Waals surface area (Å²) in [5.74, 6) is -3.91. The maximum atomic E-state index is 14.3. The third-order valence-electron chi connectivity index (χ3n) is 11.4. The zero-order valence-corrected chi connectivity index (χ0v) is 33.5. The molecule has 7 rings (SSSR count). The maximum Gasteiger partial charge on any atom is 0.239 e. The predicted molar refractivity (Wildman–Crippen MR) is 203 cm³/mol. The summed E-state index contributed by atoms with van der Waals surface area (Å²) in [5, 5.41) is 148. The third kappa shape index (κ3) is 9.01. The first kappa shape index (κ1) is 46.9. The molecular formula is C39H50O24. The number of hydrogen-bond donors (Lipinski definition) is 14. The van der Waals surface area contributed by atoms with Gasteiger partial charge in [0.2, 0.25) is 17.5 Å². The summed E-state index contributed by atoms with van der Waals surface area (Å²) in [6.07, 6.45) is -34.2. The van der Waals surface area contributed by atoms with Crippen molar-refractivity contribution in [3.05, 3.63) is 40.6 Å². The van der Waals surface area contributed by atoms with Gasteiger partial charge in [-0.05, 0) is 39.0 Å². The number of benzene rings is 2. The number of rotatable bonds is 10. The molecule has 0 bridgehead atoms. The lowest BCUT2D eigenvalue weighted by atomic mass is 9.96. The summed E-state index contributed by atoms with van der Waals surface area (Å²) in [5.41, 5.74) is -1.67. The molecule has 0 unspecified atom stereocenters. The SMILES string of the molecule is C[C@@H]1O[C@@H](OC[C@H]2O[C@@H](Oc3c(-c4ccc(O)c(O)c4)oc4cc(O)cc(O)c4c3=O)[C@H](O[C@@H]3O[C@@H](C)[C@H](O)[C@@H](O[C@H]4O[C@@H](C)[C@H](O)[C@@H](O)[C@H]4O)[C@H]3O)[C@@H](O)[C@H]2O)[C@H](O)[C@H](O)[C@H]1O. The van der Waals surface area contributed by atoms with Crippen LogP contribution in [-0.4, -0.2) is 201 Å². The van der Waals surface area contributed by atoms with E-state index in [1.165, 1.54) is 26.8 Å². The molecule has 24 heteroatoms. The van der Waals surface area contributed by atoms with Gasteiger partial charge in [0, 0.05) is 17.7 Å². The van der Waals surface area contributed by atoms with Crippen LogP contribution < -0.4 is 10.2 Å². The van der Waals surface area contributed by atoms with E-state index in [1.807, 2.05) is 0 Å². The van der Waals surface area contributed by atoms with Crippen molar-refractivity contribution in [1.82, 2.24) is 0 Å². The molecule has 3 aromatic rings. The summed E-state index contributed by atoms with van der Waals surface area (Å²) >= 11 is 0. The minimum absolute atomic E-state index is 0.137. The molecule has 63 heavy (non-hydrogen) atoms. The Labute approximate surface area is 355 Å². The lowest BCUT2D eigenvalue weighted by Crippen LogP contribution is -2.66. The summed E-state index contributed by atoms with van der Waals surface area (Å²) < 4.78 is 52.0. The van der Waals surface area contributed by atoms with Crippen molar-refractivity contribution in [1.29, 1.82) is 0 Å². The molecule has 0 spiro atoms. The van der Waals surface area contributed by atoms with E-state index in [9.17, 15) is 76.3 Å². The van der Waals surface area contributed by atoms with Crippen LogP contribution in [-0.2, 0) is 33.2 Å². The molecule has 350 valence electrons. The van der Waals surface area contributed by atoms with E-state index < -0.39 is 175 Å². The first-order valence-electron chi connectivity index (χ1n) is 19.7. The molecule has 5 heterocycles. The van der Waals surface area contributed by atoms with Gasteiger partial charge in [0.05, 0.1) is 24.9 Å². The second-order valence-electron chi connectivity index (χ2n) is 15.9. The molecular weight excluding hydrogens is 852 g/mol. The smallest absolute Gasteiger partial charge is 0.239 e. The van der Waals surface area contributed by atoms with Gasteiger partial charge in [-0.1, -0.05) is 0 Å². The van der Waals surface area contributed by atoms with Crippen molar-refractivity contribution < 1.29 is 114 Å². The van der Waals surface area contributed by atoms with E-state index in [0.29, 0.717) is 0 Å². The van der Waals surface area contributed by atoms with E-state index in [2.05, 4.69) is 0 Å². The molecule has 2 aromatic carbocycles. The first-order valence-corrected chi connectivity index (χ1v) is 19.7. The number of phenolic OH excluding ortho intramolecular Hbond substituents is 4. The topological polar surface area (TPSA) is 387 Å². The number of aliphatic hydroxyl groups is 10. The fraction of sp³-hybridized carbons (Fsp3) is 0.615. The van der Waals surface area contributed by atoms with Gasteiger partial charge in [-0.15, -0.1) is 0 Å². The molecule has 4 saturated heterocycles. The van der Waals surface area contributed by atoms with Crippen LogP contribution in [0.15, 0.2) is 39.5 Å². The van der Waals surface area contributed by atoms with Gasteiger partial charge in [0.15, 0.2) is 42.2 Å². The molecule has 0 aliphatic carbocycles. The highest BCUT2D eigenvalue weighted by atomic mass is 16.8. The molecule has 0 saturated carbocycles. The zero-order chi connectivity index (χ0) is 45.9. The van der Waals surface area contributed by atoms with Gasteiger partial charge in [0.1, 0.15) is 95.7 Å². The van der Waals surface area contributed by atoms with Crippen LogP contribution in [0.1, 0.15) is 20.8 Å². The van der Waals surface area contributed by atoms with E-state index in [1.54, 1.807) is 0 Å². The van der Waals surface area contributed by atoms with E-state index in [-0.39, 0.29) is 11.1 Å². The number of aromatic hydroxyl groups is 4. The first-order chi connectivity index (χ1) is 29.7. The summed E-state index contributed by atoms with van der Waals surface area (Å²) in [4.78, 5) is 14.3. The molecule has 0 radical (unpaired) electrons. The average Bonchev–Trinajstić information content (AvgIpc) is 3.23. The standard InChI is InChI=1S/C39H50O24/c1-10-21(44)26(49)29(52)36(56-10)55-9-19-24(47)28(51)35(63-38-31(54)33(23(46)12(3)58-38)61-37-30(53)27(50)22(45)11(2)57-37)39(60-19)62-34-25(48)20-17(43)7-14(40)8-18(20)59-32(34)13-4-5-15(41)16(42)6-13/h4-8,10-12,19,21-24,26-31,33,35-47,49-54H,9H2,1-3H3/t10-,11-,12-,19+,21-,22-,23-,24-,26+,27+,28-,29+,30+,31+,33+,35+,36+,37+,38-,39-/m0/s1. The minimum Gasteiger partial charge on any atom is -0.508 e. The van der Waals surface area contributed by atoms with Crippen LogP contribution in [0.3, 0.4) is 0 Å². The van der Waals surface area contributed by atoms with Crippen LogP contribution in [0.5, 0.6) is 28.7 Å². The largest absolute Gasteiger partial charge is 0.508 e. The molecule has 24 nitrogen and oxygen atoms in total. The fourth-order valence-electron chi connectivity index (χ4n) is 7.68. The lowest BCUT2D eigenvalue weighted by molar-refractivity contribution is -0.378. The lowest BCUT2D eigenvalue weighted by Gasteiger charge is -2.48. The van der Waals surface area contributed by atoms with Gasteiger partial charge < -0.3 is 114 Å². The van der Waals surface area contributed by atoms with E-state index in [0.717, 1.165) is 24.3 Å². The Bertz CT molecular complexity index is 2140. The molecule has 4 fully saturated rings. The number of ether oxygens (including phenoxy) is 8. The molecule has 1 aromatic heterocycles. The third-order valence-corrected chi connectivity index (χ3v) is 11.4. The summed E-state index contributed by atoms with van der Waals surface area (Å²) in [6.45, 7) is 3.32. The Kier molecular flexibility index (Phi) is 13.8. The zero-order valence-electron chi connectivity index (χ0n) is 33.5. The van der Waals surface area contributed by atoms with Crippen molar-refractivity contribution in [3.63, 3.8) is 0 Å². The molecule has 14 N–H and O–H groups in total. The van der Waals surface area contributed by atoms with Crippen molar-refractivity contribution in [2.45, 2.75) is 144 Å². The Balaban J connectivity index is 1.25. The second kappa shape index (κ2) is 18.5. The van der Waals surface area contributed by atoms with Gasteiger partial charge in [-0.2, -0.15) is 0 Å². The number of hydrogen-bond acceptors (Lipinski definition) is 24. The monoisotopic (exact) mass is 902 g/mol. The van der Waals surface area contributed by atoms with Crippen LogP contribution in [0.2, 0.25) is 0 Å². The van der Waals surface area contributed by atoms with Crippen molar-refractivity contribution >= 4 is 11.0 Å². The molecule has 20 atom stereocenters. The summed E-state index contributed by atoms with van der Waals surface area (Å²) in [7, 11) is 0. The van der Waals surface area contributed by atoms with Gasteiger partial charge in [0.25, 0.3) is 0 Å². The van der Waals surface area contributed by atoms with Crippen LogP contribution in [0.4, 0.5) is 0 Å². The fourth-order valence-corrected chi connectivity index (χ4v) is 7.68. The van der Waals surface area contributed by atoms with E-state index >= 15 is 0 Å². The molecule has 4 aliphatic heterocycles. The quantitative estimate of drug-likeness (QED) is 0.0863. The number of phenols is 4. The van der Waals surface area contributed by atoms with Crippen LogP contribution in [0.25, 0.3) is 22.3 Å². The van der Waals surface area contributed by atoms with Gasteiger partial charge >= 0.3 is 0 Å².